The molecule has 218 valence electrons. The van der Waals surface area contributed by atoms with Gasteiger partial charge >= 0.3 is 5.97 Å². The first kappa shape index (κ1) is 29.5. The molecule has 0 atom stereocenters. The van der Waals surface area contributed by atoms with Crippen molar-refractivity contribution in [3.05, 3.63) is 58.3 Å². The number of rotatable bonds is 9. The molecule has 2 fully saturated rings. The van der Waals surface area contributed by atoms with Gasteiger partial charge < -0.3 is 19.6 Å². The van der Waals surface area contributed by atoms with Crippen molar-refractivity contribution in [2.24, 2.45) is 5.92 Å². The van der Waals surface area contributed by atoms with Crippen LogP contribution in [0.5, 0.6) is 11.6 Å². The molecule has 1 aromatic carbocycles. The Labute approximate surface area is 251 Å². The number of hydrogen-bond acceptors (Lipinski definition) is 8. The number of hydrogen-bond donors (Lipinski definition) is 1. The van der Waals surface area contributed by atoms with Gasteiger partial charge in [-0.25, -0.2) is 15.0 Å². The molecule has 0 amide bonds. The van der Waals surface area contributed by atoms with Crippen LogP contribution in [0.4, 0.5) is 5.95 Å². The monoisotopic (exact) mass is 598 g/mol. The van der Waals surface area contributed by atoms with Crippen molar-refractivity contribution in [3.8, 4) is 22.9 Å². The van der Waals surface area contributed by atoms with Gasteiger partial charge in [0.1, 0.15) is 0 Å². The molecule has 1 N–H and O–H groups in total. The molecule has 0 radical (unpaired) electrons. The lowest BCUT2D eigenvalue weighted by Crippen LogP contribution is -2.42. The molecule has 2 aliphatic rings. The molecule has 2 aliphatic heterocycles. The molecule has 2 saturated heterocycles. The van der Waals surface area contributed by atoms with Crippen LogP contribution >= 0.6 is 23.2 Å². The van der Waals surface area contributed by atoms with Gasteiger partial charge in [-0.1, -0.05) is 23.2 Å². The topological polar surface area (TPSA) is 94.9 Å². The molecule has 0 saturated carbocycles. The molecular formula is C30H36Cl2N6O3. The van der Waals surface area contributed by atoms with Crippen molar-refractivity contribution >= 4 is 35.1 Å². The first-order valence-electron chi connectivity index (χ1n) is 14.0. The molecule has 9 nitrogen and oxygen atoms in total. The number of nitrogens with zero attached hydrogens (tertiary/aromatic N) is 6. The van der Waals surface area contributed by atoms with E-state index in [0.29, 0.717) is 45.9 Å². The number of carboxylic acid groups (broad SMARTS) is 1. The maximum atomic E-state index is 11.1. The smallest absolute Gasteiger partial charge is 0.303 e. The van der Waals surface area contributed by atoms with Crippen molar-refractivity contribution in [1.82, 2.24) is 24.8 Å². The largest absolute Gasteiger partial charge is 0.481 e. The van der Waals surface area contributed by atoms with Crippen LogP contribution in [0.15, 0.2) is 42.7 Å². The third-order valence-electron chi connectivity index (χ3n) is 7.91. The summed E-state index contributed by atoms with van der Waals surface area (Å²) in [6.07, 6.45) is 7.52. The van der Waals surface area contributed by atoms with E-state index in [1.54, 1.807) is 18.5 Å². The minimum atomic E-state index is -0.727. The Bertz CT molecular complexity index is 1320. The van der Waals surface area contributed by atoms with E-state index in [0.717, 1.165) is 63.0 Å². The van der Waals surface area contributed by atoms with Gasteiger partial charge in [-0.05, 0) is 88.6 Å². The molecule has 0 aliphatic carbocycles. The number of benzene rings is 1. The first-order valence-corrected chi connectivity index (χ1v) is 14.8. The van der Waals surface area contributed by atoms with Gasteiger partial charge in [0.15, 0.2) is 5.75 Å². The minimum Gasteiger partial charge on any atom is -0.481 e. The number of carbonyl (C=O) groups is 1. The van der Waals surface area contributed by atoms with Crippen molar-refractivity contribution in [3.63, 3.8) is 0 Å². The second-order valence-corrected chi connectivity index (χ2v) is 12.0. The molecule has 0 unspecified atom stereocenters. The fourth-order valence-electron chi connectivity index (χ4n) is 5.63. The Morgan fingerprint density at radius 3 is 2.24 bits per heavy atom. The zero-order valence-corrected chi connectivity index (χ0v) is 25.0. The summed E-state index contributed by atoms with van der Waals surface area (Å²) in [5.74, 6) is 1.14. The highest BCUT2D eigenvalue weighted by molar-refractivity contribution is 6.35. The number of anilines is 1. The van der Waals surface area contributed by atoms with E-state index in [4.69, 9.17) is 38.0 Å². The fraction of sp³-hybridized carbons (Fsp3) is 0.467. The molecule has 3 aromatic rings. The molecule has 2 aromatic heterocycles. The number of aliphatic carboxylic acids is 1. The second kappa shape index (κ2) is 13.3. The highest BCUT2D eigenvalue weighted by Crippen LogP contribution is 2.31. The zero-order chi connectivity index (χ0) is 28.9. The van der Waals surface area contributed by atoms with Gasteiger partial charge in [-0.2, -0.15) is 0 Å². The third-order valence-corrected chi connectivity index (χ3v) is 8.35. The Kier molecular flexibility index (Phi) is 9.60. The van der Waals surface area contributed by atoms with Crippen LogP contribution in [0.2, 0.25) is 10.0 Å². The SMILES string of the molecule is CN(C)C1CCN(c2ncc(Oc3cc(CN4CCC(CC(=O)O)CC4)cc(-c4cc(Cl)cc(Cl)c4)n3)cn2)CC1. The van der Waals surface area contributed by atoms with Crippen LogP contribution in [0.3, 0.4) is 0 Å². The van der Waals surface area contributed by atoms with Crippen LogP contribution in [0.1, 0.15) is 37.7 Å². The van der Waals surface area contributed by atoms with Gasteiger partial charge in [-0.3, -0.25) is 9.69 Å². The van der Waals surface area contributed by atoms with E-state index < -0.39 is 5.97 Å². The molecular weight excluding hydrogens is 563 g/mol. The molecule has 11 heteroatoms. The van der Waals surface area contributed by atoms with E-state index in [9.17, 15) is 4.79 Å². The van der Waals surface area contributed by atoms with E-state index in [2.05, 4.69) is 38.8 Å². The first-order chi connectivity index (χ1) is 19.7. The zero-order valence-electron chi connectivity index (χ0n) is 23.5. The lowest BCUT2D eigenvalue weighted by atomic mass is 9.93. The minimum absolute atomic E-state index is 0.228. The standard InChI is InChI=1S/C30H36Cl2N6O3/c1-36(2)25-5-9-38(10-6-25)30-33-17-26(18-34-30)41-28-12-21(19-37-7-3-20(4-8-37)13-29(39)40)11-27(35-28)22-14-23(31)16-24(32)15-22/h11-12,14-18,20,25H,3-10,13,19H2,1-2H3,(H,39,40). The van der Waals surface area contributed by atoms with E-state index in [-0.39, 0.29) is 12.3 Å². The predicted octanol–water partition coefficient (Wildman–Crippen LogP) is 5.85. The van der Waals surface area contributed by atoms with Crippen molar-refractivity contribution < 1.29 is 14.6 Å². The third kappa shape index (κ3) is 8.07. The summed E-state index contributed by atoms with van der Waals surface area (Å²) in [4.78, 5) is 31.9. The lowest BCUT2D eigenvalue weighted by molar-refractivity contribution is -0.138. The van der Waals surface area contributed by atoms with E-state index in [1.165, 1.54) is 0 Å². The number of likely N-dealkylation sites (tertiary alicyclic amines) is 1. The number of pyridine rings is 1. The van der Waals surface area contributed by atoms with Crippen LogP contribution in [0.25, 0.3) is 11.3 Å². The van der Waals surface area contributed by atoms with Gasteiger partial charge in [0, 0.05) is 53.8 Å². The normalized spacial score (nSPS) is 17.2. The summed E-state index contributed by atoms with van der Waals surface area (Å²) in [6.45, 7) is 4.22. The number of carboxylic acids is 1. The molecule has 4 heterocycles. The number of halogens is 2. The van der Waals surface area contributed by atoms with Gasteiger partial charge in [0.05, 0.1) is 18.1 Å². The summed E-state index contributed by atoms with van der Waals surface area (Å²) in [5, 5.41) is 10.2. The van der Waals surface area contributed by atoms with Crippen LogP contribution in [-0.4, -0.2) is 82.1 Å². The van der Waals surface area contributed by atoms with E-state index in [1.807, 2.05) is 24.3 Å². The summed E-state index contributed by atoms with van der Waals surface area (Å²) >= 11 is 12.6. The quantitative estimate of drug-likeness (QED) is 0.325. The Balaban J connectivity index is 1.32. The number of aromatic nitrogens is 3. The van der Waals surface area contributed by atoms with Crippen LogP contribution in [-0.2, 0) is 11.3 Å². The van der Waals surface area contributed by atoms with Crippen LogP contribution in [0, 0.1) is 5.92 Å². The molecule has 0 spiro atoms. The summed E-state index contributed by atoms with van der Waals surface area (Å²) in [7, 11) is 4.26. The van der Waals surface area contributed by atoms with Gasteiger partial charge in [0.25, 0.3) is 0 Å². The van der Waals surface area contributed by atoms with Crippen molar-refractivity contribution in [1.29, 1.82) is 0 Å². The summed E-state index contributed by atoms with van der Waals surface area (Å²) in [6, 6.07) is 9.90. The predicted molar refractivity (Wildman–Crippen MR) is 161 cm³/mol. The molecule has 0 bridgehead atoms. The Morgan fingerprint density at radius 2 is 1.63 bits per heavy atom. The maximum Gasteiger partial charge on any atom is 0.303 e. The highest BCUT2D eigenvalue weighted by atomic mass is 35.5. The Hall–Kier alpha value is -2.98. The summed E-state index contributed by atoms with van der Waals surface area (Å²) < 4.78 is 6.17. The Morgan fingerprint density at radius 1 is 0.976 bits per heavy atom. The van der Waals surface area contributed by atoms with Crippen LogP contribution < -0.4 is 9.64 Å². The maximum absolute atomic E-state index is 11.1. The van der Waals surface area contributed by atoms with Crippen molar-refractivity contribution in [2.75, 3.05) is 45.2 Å². The van der Waals surface area contributed by atoms with Gasteiger partial charge in [0.2, 0.25) is 11.8 Å². The fourth-order valence-corrected chi connectivity index (χ4v) is 6.16. The average Bonchev–Trinajstić information content (AvgIpc) is 2.94. The van der Waals surface area contributed by atoms with E-state index >= 15 is 0 Å². The number of ether oxygens (including phenoxy) is 1. The van der Waals surface area contributed by atoms with Gasteiger partial charge in [-0.15, -0.1) is 0 Å². The molecule has 5 rings (SSSR count). The second-order valence-electron chi connectivity index (χ2n) is 11.2. The lowest BCUT2D eigenvalue weighted by Gasteiger charge is -2.35. The number of piperidine rings is 2. The average molecular weight is 600 g/mol. The summed E-state index contributed by atoms with van der Waals surface area (Å²) in [5.41, 5.74) is 2.52. The van der Waals surface area contributed by atoms with Crippen molar-refractivity contribution in [2.45, 2.75) is 44.7 Å². The molecule has 41 heavy (non-hydrogen) atoms. The highest BCUT2D eigenvalue weighted by Gasteiger charge is 2.23.